The molecule has 0 aliphatic heterocycles. The molecule has 0 heterocycles. The summed E-state index contributed by atoms with van der Waals surface area (Å²) in [6.07, 6.45) is 2.95. The van der Waals surface area contributed by atoms with E-state index in [4.69, 9.17) is 4.74 Å². The van der Waals surface area contributed by atoms with Gasteiger partial charge in [0.2, 0.25) is 0 Å². The van der Waals surface area contributed by atoms with Crippen LogP contribution in [-0.4, -0.2) is 34.3 Å². The molecule has 2 aromatic carbocycles. The van der Waals surface area contributed by atoms with Crippen LogP contribution >= 0.6 is 0 Å². The van der Waals surface area contributed by atoms with Crippen molar-refractivity contribution in [3.05, 3.63) is 77.9 Å². The highest BCUT2D eigenvalue weighted by atomic mass is 32.2. The molecule has 0 bridgehead atoms. The van der Waals surface area contributed by atoms with E-state index in [1.54, 1.807) is 13.1 Å². The fourth-order valence-corrected chi connectivity index (χ4v) is 3.38. The number of nitrogens with zero attached hydrogens (tertiary/aromatic N) is 1. The first-order valence-corrected chi connectivity index (χ1v) is 11.0. The van der Waals surface area contributed by atoms with Crippen LogP contribution in [0.3, 0.4) is 0 Å². The number of hydrogen-bond acceptors (Lipinski definition) is 4. The lowest BCUT2D eigenvalue weighted by Gasteiger charge is -2.14. The minimum Gasteiger partial charge on any atom is -0.489 e. The van der Waals surface area contributed by atoms with Gasteiger partial charge < -0.3 is 15.4 Å². The van der Waals surface area contributed by atoms with Gasteiger partial charge in [-0.3, -0.25) is 4.99 Å². The molecule has 7 heteroatoms. The van der Waals surface area contributed by atoms with E-state index < -0.39 is 9.84 Å². The first-order valence-electron chi connectivity index (χ1n) is 8.93. The van der Waals surface area contributed by atoms with Crippen molar-refractivity contribution in [2.45, 2.75) is 18.8 Å². The zero-order chi connectivity index (χ0) is 20.4. The van der Waals surface area contributed by atoms with Crippen LogP contribution in [0.15, 0.2) is 66.2 Å². The second-order valence-corrected chi connectivity index (χ2v) is 8.51. The Morgan fingerprint density at radius 3 is 2.36 bits per heavy atom. The van der Waals surface area contributed by atoms with Crippen molar-refractivity contribution in [3.63, 3.8) is 0 Å². The molecule has 28 heavy (non-hydrogen) atoms. The molecule has 0 saturated carbocycles. The van der Waals surface area contributed by atoms with Gasteiger partial charge in [0.1, 0.15) is 12.4 Å². The van der Waals surface area contributed by atoms with Crippen LogP contribution in [-0.2, 0) is 28.7 Å². The number of aliphatic imine (C=N–C) groups is 1. The van der Waals surface area contributed by atoms with Crippen LogP contribution in [0.5, 0.6) is 5.75 Å². The molecule has 150 valence electrons. The summed E-state index contributed by atoms with van der Waals surface area (Å²) >= 11 is 0. The molecule has 2 N–H and O–H groups in total. The number of sulfone groups is 1. The summed E-state index contributed by atoms with van der Waals surface area (Å²) in [5.74, 6) is 1.53. The second-order valence-electron chi connectivity index (χ2n) is 6.37. The van der Waals surface area contributed by atoms with Gasteiger partial charge in [0.15, 0.2) is 15.8 Å². The summed E-state index contributed by atoms with van der Waals surface area (Å²) in [6, 6.07) is 15.3. The molecule has 0 aliphatic carbocycles. The van der Waals surface area contributed by atoms with Crippen LogP contribution in [0, 0.1) is 0 Å². The van der Waals surface area contributed by atoms with Gasteiger partial charge in [-0.05, 0) is 17.2 Å². The monoisotopic (exact) mass is 401 g/mol. The molecule has 0 unspecified atom stereocenters. The van der Waals surface area contributed by atoms with Crippen molar-refractivity contribution >= 4 is 15.8 Å². The van der Waals surface area contributed by atoms with Crippen molar-refractivity contribution < 1.29 is 13.2 Å². The van der Waals surface area contributed by atoms with E-state index in [9.17, 15) is 8.42 Å². The Labute approximate surface area is 167 Å². The van der Waals surface area contributed by atoms with Crippen molar-refractivity contribution in [2.75, 3.05) is 19.9 Å². The lowest BCUT2D eigenvalue weighted by molar-refractivity contribution is 0.358. The number of para-hydroxylation sites is 1. The van der Waals surface area contributed by atoms with E-state index in [1.807, 2.05) is 48.5 Å². The standard InChI is InChI=1S/C21H27N3O3S/c1-4-13-27-20-8-6-5-7-19(20)15-24-21(22-2)23-14-17-9-11-18(12-10-17)16-28(3,25)26/h4-12H,1,13-16H2,2-3H3,(H2,22,23,24). The zero-order valence-electron chi connectivity index (χ0n) is 16.3. The quantitative estimate of drug-likeness (QED) is 0.384. The maximum absolute atomic E-state index is 11.4. The molecule has 0 aliphatic rings. The molecule has 6 nitrogen and oxygen atoms in total. The number of hydrogen-bond donors (Lipinski definition) is 2. The number of guanidine groups is 1. The van der Waals surface area contributed by atoms with Crippen LogP contribution in [0.4, 0.5) is 0 Å². The predicted molar refractivity (Wildman–Crippen MR) is 114 cm³/mol. The average Bonchev–Trinajstić information content (AvgIpc) is 2.67. The Kier molecular flexibility index (Phi) is 8.07. The van der Waals surface area contributed by atoms with Crippen LogP contribution in [0.25, 0.3) is 0 Å². The Morgan fingerprint density at radius 2 is 1.71 bits per heavy atom. The molecule has 0 spiro atoms. The molecule has 0 atom stereocenters. The fourth-order valence-electron chi connectivity index (χ4n) is 2.58. The number of benzene rings is 2. The molecule has 0 fully saturated rings. The molecule has 2 aromatic rings. The van der Waals surface area contributed by atoms with Gasteiger partial charge in [0.05, 0.1) is 5.75 Å². The molecular formula is C21H27N3O3S. The SMILES string of the molecule is C=CCOc1ccccc1CNC(=NC)NCc1ccc(CS(C)(=O)=O)cc1. The number of rotatable bonds is 9. The summed E-state index contributed by atoms with van der Waals surface area (Å²) in [5.41, 5.74) is 2.84. The maximum Gasteiger partial charge on any atom is 0.191 e. The predicted octanol–water partition coefficient (Wildman–Crippen LogP) is 2.66. The highest BCUT2D eigenvalue weighted by molar-refractivity contribution is 7.89. The highest BCUT2D eigenvalue weighted by Crippen LogP contribution is 2.17. The first kappa shape index (κ1) is 21.5. The maximum atomic E-state index is 11.4. The van der Waals surface area contributed by atoms with Crippen LogP contribution in [0.2, 0.25) is 0 Å². The van der Waals surface area contributed by atoms with Gasteiger partial charge >= 0.3 is 0 Å². The molecule has 2 rings (SSSR count). The lowest BCUT2D eigenvalue weighted by Crippen LogP contribution is -2.36. The molecule has 0 radical (unpaired) electrons. The Hall–Kier alpha value is -2.80. The van der Waals surface area contributed by atoms with E-state index in [-0.39, 0.29) is 5.75 Å². The number of nitrogens with one attached hydrogen (secondary N) is 2. The summed E-state index contributed by atoms with van der Waals surface area (Å²) in [5, 5.41) is 6.52. The van der Waals surface area contributed by atoms with E-state index >= 15 is 0 Å². The summed E-state index contributed by atoms with van der Waals surface area (Å²) in [6.45, 7) is 5.27. The van der Waals surface area contributed by atoms with E-state index in [0.29, 0.717) is 25.7 Å². The lowest BCUT2D eigenvalue weighted by atomic mass is 10.1. The first-order chi connectivity index (χ1) is 13.4. The Bertz CT molecular complexity index is 907. The summed E-state index contributed by atoms with van der Waals surface area (Å²) in [7, 11) is -1.31. The molecule has 0 saturated heterocycles. The minimum atomic E-state index is -3.02. The normalized spacial score (nSPS) is 11.7. The van der Waals surface area contributed by atoms with Gasteiger partial charge in [-0.1, -0.05) is 55.1 Å². The van der Waals surface area contributed by atoms with Gasteiger partial charge in [0, 0.05) is 32.0 Å². The molecular weight excluding hydrogens is 374 g/mol. The highest BCUT2D eigenvalue weighted by Gasteiger charge is 2.06. The third kappa shape index (κ3) is 7.44. The van der Waals surface area contributed by atoms with Gasteiger partial charge in [-0.15, -0.1) is 0 Å². The van der Waals surface area contributed by atoms with Gasteiger partial charge in [-0.25, -0.2) is 8.42 Å². The minimum absolute atomic E-state index is 0.0528. The Morgan fingerprint density at radius 1 is 1.07 bits per heavy atom. The topological polar surface area (TPSA) is 79.8 Å². The van der Waals surface area contributed by atoms with Crippen molar-refractivity contribution in [1.29, 1.82) is 0 Å². The van der Waals surface area contributed by atoms with Crippen LogP contribution in [0.1, 0.15) is 16.7 Å². The average molecular weight is 402 g/mol. The third-order valence-corrected chi connectivity index (χ3v) is 4.77. The smallest absolute Gasteiger partial charge is 0.191 e. The molecule has 0 amide bonds. The Balaban J connectivity index is 1.89. The van der Waals surface area contributed by atoms with Crippen molar-refractivity contribution in [1.82, 2.24) is 10.6 Å². The van der Waals surface area contributed by atoms with Gasteiger partial charge in [0.25, 0.3) is 0 Å². The van der Waals surface area contributed by atoms with E-state index in [2.05, 4.69) is 22.2 Å². The van der Waals surface area contributed by atoms with Crippen molar-refractivity contribution in [3.8, 4) is 5.75 Å². The second kappa shape index (κ2) is 10.5. The fraction of sp³-hybridized carbons (Fsp3) is 0.286. The zero-order valence-corrected chi connectivity index (χ0v) is 17.1. The van der Waals surface area contributed by atoms with Crippen LogP contribution < -0.4 is 15.4 Å². The summed E-state index contributed by atoms with van der Waals surface area (Å²) < 4.78 is 28.4. The van der Waals surface area contributed by atoms with E-state index in [0.717, 1.165) is 22.4 Å². The molecule has 0 aromatic heterocycles. The summed E-state index contributed by atoms with van der Waals surface area (Å²) in [4.78, 5) is 4.23. The van der Waals surface area contributed by atoms with E-state index in [1.165, 1.54) is 6.26 Å². The number of ether oxygens (including phenoxy) is 1. The third-order valence-electron chi connectivity index (χ3n) is 3.91. The van der Waals surface area contributed by atoms with Gasteiger partial charge in [-0.2, -0.15) is 0 Å². The van der Waals surface area contributed by atoms with Crippen molar-refractivity contribution in [2.24, 2.45) is 4.99 Å². The largest absolute Gasteiger partial charge is 0.489 e.